The summed E-state index contributed by atoms with van der Waals surface area (Å²) < 4.78 is 3.79. The van der Waals surface area contributed by atoms with E-state index in [0.717, 1.165) is 82.5 Å². The Morgan fingerprint density at radius 2 is 0.583 bits per heavy atom. The van der Waals surface area contributed by atoms with Crippen molar-refractivity contribution in [1.82, 2.24) is 0 Å². The number of hydrogen-bond acceptors (Lipinski definition) is 2. The first kappa shape index (κ1) is 22.8. The Morgan fingerprint density at radius 1 is 0.361 bits per heavy atom. The van der Waals surface area contributed by atoms with Crippen molar-refractivity contribution in [2.45, 2.75) is 0 Å². The Balaban J connectivity index is 0.000000122. The highest BCUT2D eigenvalue weighted by molar-refractivity contribution is 9.11. The van der Waals surface area contributed by atoms with Gasteiger partial charge >= 0.3 is 0 Å². The summed E-state index contributed by atoms with van der Waals surface area (Å²) in [6.07, 6.45) is 0. The quantitative estimate of drug-likeness (QED) is 0.146. The van der Waals surface area contributed by atoms with Crippen LogP contribution < -0.4 is 10.9 Å². The van der Waals surface area contributed by atoms with Crippen molar-refractivity contribution in [3.8, 4) is 0 Å². The monoisotopic (exact) mass is 720 g/mol. The molecule has 0 heterocycles. The lowest BCUT2D eigenvalue weighted by Gasteiger charge is -2.03. The number of rotatable bonds is 0. The van der Waals surface area contributed by atoms with Crippen molar-refractivity contribution >= 4 is 128 Å². The smallest absolute Gasteiger partial charge is 0.194 e. The molecule has 6 heteroatoms. The van der Waals surface area contributed by atoms with Gasteiger partial charge in [0, 0.05) is 61.0 Å². The lowest BCUT2D eigenvalue weighted by atomic mass is 10.0. The molecule has 2 nitrogen and oxygen atoms in total. The summed E-state index contributed by atoms with van der Waals surface area (Å²) in [5.74, 6) is 0. The lowest BCUT2D eigenvalue weighted by Crippen LogP contribution is -1.93. The summed E-state index contributed by atoms with van der Waals surface area (Å²) in [7, 11) is 0. The van der Waals surface area contributed by atoms with Crippen LogP contribution in [0.4, 0.5) is 0 Å². The minimum absolute atomic E-state index is 0.119. The third kappa shape index (κ3) is 3.24. The van der Waals surface area contributed by atoms with E-state index >= 15 is 0 Å². The molecule has 0 aliphatic carbocycles. The first-order valence-corrected chi connectivity index (χ1v) is 14.3. The van der Waals surface area contributed by atoms with Gasteiger partial charge in [0.25, 0.3) is 0 Å². The molecule has 0 spiro atoms. The molecule has 8 rings (SSSR count). The average molecular weight is 724 g/mol. The van der Waals surface area contributed by atoms with Crippen LogP contribution in [0.25, 0.3) is 64.6 Å². The topological polar surface area (TPSA) is 34.1 Å². The van der Waals surface area contributed by atoms with Gasteiger partial charge in [-0.05, 0) is 70.1 Å². The minimum atomic E-state index is 0.119. The van der Waals surface area contributed by atoms with Crippen LogP contribution >= 0.6 is 63.7 Å². The van der Waals surface area contributed by atoms with Crippen LogP contribution in [0.1, 0.15) is 0 Å². The fourth-order valence-electron chi connectivity index (χ4n) is 5.52. The zero-order valence-electron chi connectivity index (χ0n) is 18.3. The molecule has 0 fully saturated rings. The van der Waals surface area contributed by atoms with Gasteiger partial charge < -0.3 is 0 Å². The van der Waals surface area contributed by atoms with Crippen LogP contribution in [0.5, 0.6) is 0 Å². The first-order valence-electron chi connectivity index (χ1n) is 11.1. The van der Waals surface area contributed by atoms with E-state index in [2.05, 4.69) is 112 Å². The molecule has 0 aliphatic rings. The van der Waals surface area contributed by atoms with Gasteiger partial charge in [0.05, 0.1) is 0 Å². The summed E-state index contributed by atoms with van der Waals surface area (Å²) in [5, 5.41) is 12.0. The van der Waals surface area contributed by atoms with E-state index < -0.39 is 0 Å². The van der Waals surface area contributed by atoms with Gasteiger partial charge in [-0.3, -0.25) is 9.59 Å². The van der Waals surface area contributed by atoms with Crippen LogP contribution in [0.15, 0.2) is 100 Å². The standard InChI is InChI=1S/2C15H6Br2O/c2*16-9-3-7-1-2-8-4-10(17)6-12-14(8)13(7)11(5-9)15(12)18/h2*1-6H. The summed E-state index contributed by atoms with van der Waals surface area (Å²) in [6, 6.07) is 24.2. The largest absolute Gasteiger partial charge is 0.289 e. The molecular weight excluding hydrogens is 712 g/mol. The Labute approximate surface area is 237 Å². The van der Waals surface area contributed by atoms with Gasteiger partial charge in [0.15, 0.2) is 10.9 Å². The molecule has 0 amide bonds. The molecule has 0 saturated carbocycles. The fourth-order valence-corrected chi connectivity index (χ4v) is 7.42. The van der Waals surface area contributed by atoms with Gasteiger partial charge in [0.1, 0.15) is 0 Å². The molecule has 0 radical (unpaired) electrons. The van der Waals surface area contributed by atoms with Gasteiger partial charge in [-0.25, -0.2) is 0 Å². The maximum absolute atomic E-state index is 12.5. The molecule has 36 heavy (non-hydrogen) atoms. The van der Waals surface area contributed by atoms with Crippen molar-refractivity contribution < 1.29 is 0 Å². The van der Waals surface area contributed by atoms with Crippen LogP contribution in [0.2, 0.25) is 0 Å². The highest BCUT2D eigenvalue weighted by Crippen LogP contribution is 2.38. The predicted molar refractivity (Wildman–Crippen MR) is 166 cm³/mol. The van der Waals surface area contributed by atoms with Crippen LogP contribution in [0, 0.1) is 0 Å². The molecule has 8 aromatic carbocycles. The van der Waals surface area contributed by atoms with E-state index in [1.54, 1.807) is 0 Å². The molecule has 0 N–H and O–H groups in total. The first-order chi connectivity index (χ1) is 17.3. The van der Waals surface area contributed by atoms with E-state index in [-0.39, 0.29) is 10.9 Å². The fraction of sp³-hybridized carbons (Fsp3) is 0. The van der Waals surface area contributed by atoms with E-state index in [0.29, 0.717) is 0 Å². The Kier molecular flexibility index (Phi) is 5.10. The molecule has 0 unspecified atom stereocenters. The molecule has 0 saturated heterocycles. The van der Waals surface area contributed by atoms with Crippen molar-refractivity contribution in [2.24, 2.45) is 0 Å². The average Bonchev–Trinajstić information content (AvgIpc) is 3.28. The Morgan fingerprint density at radius 3 is 0.806 bits per heavy atom. The van der Waals surface area contributed by atoms with Crippen molar-refractivity contribution in [2.75, 3.05) is 0 Å². The van der Waals surface area contributed by atoms with Crippen molar-refractivity contribution in [3.05, 3.63) is 111 Å². The minimum Gasteiger partial charge on any atom is -0.289 e. The van der Waals surface area contributed by atoms with Crippen LogP contribution in [0.3, 0.4) is 0 Å². The number of benzene rings is 6. The Bertz CT molecular complexity index is 1930. The third-order valence-corrected chi connectivity index (χ3v) is 8.73. The molecule has 0 aromatic heterocycles. The van der Waals surface area contributed by atoms with Gasteiger partial charge in [-0.1, -0.05) is 88.0 Å². The summed E-state index contributed by atoms with van der Waals surface area (Å²) >= 11 is 13.9. The predicted octanol–water partition coefficient (Wildman–Crippen LogP) is 9.81. The zero-order chi connectivity index (χ0) is 24.9. The third-order valence-electron chi connectivity index (χ3n) is 6.90. The van der Waals surface area contributed by atoms with E-state index in [4.69, 9.17) is 0 Å². The Hall–Kier alpha value is -2.38. The van der Waals surface area contributed by atoms with Gasteiger partial charge in [-0.2, -0.15) is 0 Å². The van der Waals surface area contributed by atoms with Crippen LogP contribution in [-0.2, 0) is 0 Å². The molecule has 8 aromatic rings. The molecule has 0 bridgehead atoms. The number of halogens is 4. The van der Waals surface area contributed by atoms with Gasteiger partial charge in [0.2, 0.25) is 0 Å². The normalized spacial score (nSPS) is 12.1. The zero-order valence-corrected chi connectivity index (χ0v) is 24.6. The molecular formula is C30H12Br4O2. The van der Waals surface area contributed by atoms with E-state index in [1.165, 1.54) is 0 Å². The van der Waals surface area contributed by atoms with Crippen LogP contribution in [-0.4, -0.2) is 0 Å². The second kappa shape index (κ2) is 8.06. The second-order valence-electron chi connectivity index (χ2n) is 9.00. The summed E-state index contributed by atoms with van der Waals surface area (Å²) in [6.45, 7) is 0. The van der Waals surface area contributed by atoms with E-state index in [9.17, 15) is 9.59 Å². The summed E-state index contributed by atoms with van der Waals surface area (Å²) in [5.41, 5.74) is 0.239. The highest BCUT2D eigenvalue weighted by Gasteiger charge is 2.17. The molecule has 0 atom stereocenters. The van der Waals surface area contributed by atoms with Crippen molar-refractivity contribution in [3.63, 3.8) is 0 Å². The lowest BCUT2D eigenvalue weighted by molar-refractivity contribution is 1.76. The molecule has 172 valence electrons. The maximum Gasteiger partial charge on any atom is 0.194 e. The second-order valence-corrected chi connectivity index (χ2v) is 12.7. The van der Waals surface area contributed by atoms with Gasteiger partial charge in [-0.15, -0.1) is 0 Å². The number of hydrogen-bond donors (Lipinski definition) is 0. The highest BCUT2D eigenvalue weighted by atomic mass is 79.9. The molecule has 0 aliphatic heterocycles. The van der Waals surface area contributed by atoms with Crippen molar-refractivity contribution in [1.29, 1.82) is 0 Å². The summed E-state index contributed by atoms with van der Waals surface area (Å²) in [4.78, 5) is 24.9. The SMILES string of the molecule is O=c1c2cc(Br)cc3ccc4cc(Br)cc1c4c32.O=c1c2cc(Br)cc3ccc4cc(Br)cc1c4c32. The maximum atomic E-state index is 12.5. The van der Waals surface area contributed by atoms with E-state index in [1.807, 2.05) is 24.3 Å².